The largest absolute Gasteiger partial charge is 0.380 e. The molecule has 110 valence electrons. The van der Waals surface area contributed by atoms with E-state index in [0.29, 0.717) is 6.04 Å². The molecule has 0 fully saturated rings. The number of nitrogens with one attached hydrogen (secondary N) is 1. The van der Waals surface area contributed by atoms with Crippen molar-refractivity contribution in [3.05, 3.63) is 35.7 Å². The lowest BCUT2D eigenvalue weighted by Crippen LogP contribution is -2.31. The van der Waals surface area contributed by atoms with Crippen LogP contribution in [-0.2, 0) is 11.3 Å². The molecule has 1 aromatic rings. The molecule has 0 aliphatic carbocycles. The van der Waals surface area contributed by atoms with Crippen LogP contribution in [0.2, 0.25) is 0 Å². The van der Waals surface area contributed by atoms with Gasteiger partial charge in [0.1, 0.15) is 0 Å². The van der Waals surface area contributed by atoms with E-state index in [1.54, 1.807) is 7.11 Å². The van der Waals surface area contributed by atoms with Crippen molar-refractivity contribution < 1.29 is 4.74 Å². The topological polar surface area (TPSA) is 37.4 Å². The third-order valence-corrected chi connectivity index (χ3v) is 3.55. The van der Waals surface area contributed by atoms with Crippen molar-refractivity contribution in [2.24, 2.45) is 0 Å². The Hall–Kier alpha value is -1.39. The highest BCUT2D eigenvalue weighted by Crippen LogP contribution is 2.23. The number of nitrogens with zero attached hydrogens (tertiary/aromatic N) is 2. The van der Waals surface area contributed by atoms with Crippen molar-refractivity contribution in [1.82, 2.24) is 10.3 Å². The van der Waals surface area contributed by atoms with Crippen LogP contribution in [0.4, 0.5) is 5.69 Å². The second-order valence-corrected chi connectivity index (χ2v) is 5.53. The average Bonchev–Trinajstić information content (AvgIpc) is 2.47. The van der Waals surface area contributed by atoms with E-state index in [4.69, 9.17) is 4.74 Å². The first-order valence-electron chi connectivity index (χ1n) is 7.28. The molecular weight excluding hydrogens is 250 g/mol. The Kier molecular flexibility index (Phi) is 5.56. The molecule has 0 aromatic carbocycles. The van der Waals surface area contributed by atoms with Gasteiger partial charge in [-0.1, -0.05) is 19.9 Å². The Morgan fingerprint density at radius 3 is 2.95 bits per heavy atom. The maximum Gasteiger partial charge on any atom is 0.0674 e. The number of aromatic nitrogens is 1. The monoisotopic (exact) mass is 275 g/mol. The van der Waals surface area contributed by atoms with Crippen molar-refractivity contribution in [1.29, 1.82) is 0 Å². The molecule has 4 nitrogen and oxygen atoms in total. The first kappa shape index (κ1) is 15.0. The number of hydrogen-bond acceptors (Lipinski definition) is 4. The Morgan fingerprint density at radius 1 is 1.45 bits per heavy atom. The van der Waals surface area contributed by atoms with Crippen molar-refractivity contribution in [2.75, 3.05) is 31.7 Å². The summed E-state index contributed by atoms with van der Waals surface area (Å²) in [6.45, 7) is 7.95. The molecule has 2 heterocycles. The van der Waals surface area contributed by atoms with Gasteiger partial charge in [0.2, 0.25) is 0 Å². The van der Waals surface area contributed by atoms with Crippen LogP contribution in [0, 0.1) is 0 Å². The highest BCUT2D eigenvalue weighted by atomic mass is 16.5. The van der Waals surface area contributed by atoms with E-state index in [-0.39, 0.29) is 0 Å². The van der Waals surface area contributed by atoms with Crippen LogP contribution in [0.15, 0.2) is 30.1 Å². The van der Waals surface area contributed by atoms with Gasteiger partial charge in [0, 0.05) is 56.4 Å². The minimum atomic E-state index is 0.484. The van der Waals surface area contributed by atoms with Gasteiger partial charge in [-0.05, 0) is 18.1 Å². The van der Waals surface area contributed by atoms with Gasteiger partial charge in [0.05, 0.1) is 6.61 Å². The smallest absolute Gasteiger partial charge is 0.0674 e. The second kappa shape index (κ2) is 7.41. The van der Waals surface area contributed by atoms with Gasteiger partial charge in [0.15, 0.2) is 0 Å². The van der Waals surface area contributed by atoms with Crippen LogP contribution in [0.5, 0.6) is 0 Å². The molecule has 0 spiro atoms. The van der Waals surface area contributed by atoms with Gasteiger partial charge in [-0.2, -0.15) is 0 Å². The zero-order chi connectivity index (χ0) is 14.4. The summed E-state index contributed by atoms with van der Waals surface area (Å²) in [6, 6.07) is 2.60. The lowest BCUT2D eigenvalue weighted by atomic mass is 10.1. The van der Waals surface area contributed by atoms with E-state index < -0.39 is 0 Å². The van der Waals surface area contributed by atoms with Crippen LogP contribution in [0.3, 0.4) is 0 Å². The standard InChI is InChI=1S/C16H25N3O/c1-13(2)18-11-15-10-17-7-4-16(15)19-8-5-14(6-9-19)12-20-3/h4-5,7,10,13,18H,6,8-9,11-12H2,1-3H3. The van der Waals surface area contributed by atoms with Crippen LogP contribution in [0.1, 0.15) is 25.8 Å². The average molecular weight is 275 g/mol. The third-order valence-electron chi connectivity index (χ3n) is 3.55. The quantitative estimate of drug-likeness (QED) is 0.809. The summed E-state index contributed by atoms with van der Waals surface area (Å²) < 4.78 is 5.20. The molecular formula is C16H25N3O. The van der Waals surface area contributed by atoms with E-state index in [0.717, 1.165) is 32.7 Å². The lowest BCUT2D eigenvalue weighted by molar-refractivity contribution is 0.222. The normalized spacial score (nSPS) is 15.6. The van der Waals surface area contributed by atoms with Gasteiger partial charge >= 0.3 is 0 Å². The minimum Gasteiger partial charge on any atom is -0.380 e. The summed E-state index contributed by atoms with van der Waals surface area (Å²) in [7, 11) is 1.76. The Balaban J connectivity index is 2.05. The van der Waals surface area contributed by atoms with Crippen molar-refractivity contribution in [2.45, 2.75) is 32.9 Å². The number of methoxy groups -OCH3 is 1. The summed E-state index contributed by atoms with van der Waals surface area (Å²) in [5, 5.41) is 3.47. The molecule has 0 bridgehead atoms. The lowest BCUT2D eigenvalue weighted by Gasteiger charge is -2.30. The Bertz CT molecular complexity index is 457. The summed E-state index contributed by atoms with van der Waals surface area (Å²) in [6.07, 6.45) is 7.21. The molecule has 1 aliphatic rings. The zero-order valence-electron chi connectivity index (χ0n) is 12.7. The molecule has 2 rings (SSSR count). The molecule has 0 radical (unpaired) electrons. The van der Waals surface area contributed by atoms with Gasteiger partial charge in [-0.15, -0.1) is 0 Å². The summed E-state index contributed by atoms with van der Waals surface area (Å²) >= 11 is 0. The summed E-state index contributed by atoms with van der Waals surface area (Å²) in [4.78, 5) is 6.68. The van der Waals surface area contributed by atoms with E-state index in [9.17, 15) is 0 Å². The number of hydrogen-bond donors (Lipinski definition) is 1. The van der Waals surface area contributed by atoms with E-state index in [1.165, 1.54) is 16.8 Å². The summed E-state index contributed by atoms with van der Waals surface area (Å²) in [5.41, 5.74) is 3.96. The molecule has 4 heteroatoms. The van der Waals surface area contributed by atoms with Crippen LogP contribution >= 0.6 is 0 Å². The Morgan fingerprint density at radius 2 is 2.30 bits per heavy atom. The first-order chi connectivity index (χ1) is 9.70. The van der Waals surface area contributed by atoms with Crippen molar-refractivity contribution in [3.8, 4) is 0 Å². The Labute approximate surface area is 121 Å². The molecule has 1 aromatic heterocycles. The molecule has 0 amide bonds. The molecule has 1 aliphatic heterocycles. The number of rotatable bonds is 6. The molecule has 0 saturated heterocycles. The second-order valence-electron chi connectivity index (χ2n) is 5.53. The molecule has 1 N–H and O–H groups in total. The fraction of sp³-hybridized carbons (Fsp3) is 0.562. The van der Waals surface area contributed by atoms with Crippen LogP contribution in [-0.4, -0.2) is 37.8 Å². The first-order valence-corrected chi connectivity index (χ1v) is 7.28. The van der Waals surface area contributed by atoms with Crippen molar-refractivity contribution in [3.63, 3.8) is 0 Å². The predicted octanol–water partition coefficient (Wildman–Crippen LogP) is 2.36. The third kappa shape index (κ3) is 4.05. The highest BCUT2D eigenvalue weighted by Gasteiger charge is 2.15. The van der Waals surface area contributed by atoms with Crippen LogP contribution in [0.25, 0.3) is 0 Å². The molecule has 0 saturated carbocycles. The fourth-order valence-electron chi connectivity index (χ4n) is 2.43. The van der Waals surface area contributed by atoms with E-state index >= 15 is 0 Å². The predicted molar refractivity (Wildman–Crippen MR) is 83.0 cm³/mol. The van der Waals surface area contributed by atoms with Crippen molar-refractivity contribution >= 4 is 5.69 Å². The maximum absolute atomic E-state index is 5.20. The molecule has 0 atom stereocenters. The van der Waals surface area contributed by atoms with Gasteiger partial charge in [-0.3, -0.25) is 4.98 Å². The van der Waals surface area contributed by atoms with E-state index in [1.807, 2.05) is 12.4 Å². The maximum atomic E-state index is 5.20. The van der Waals surface area contributed by atoms with Gasteiger partial charge in [0.25, 0.3) is 0 Å². The zero-order valence-corrected chi connectivity index (χ0v) is 12.7. The van der Waals surface area contributed by atoms with Crippen LogP contribution < -0.4 is 10.2 Å². The molecule has 0 unspecified atom stereocenters. The highest BCUT2D eigenvalue weighted by molar-refractivity contribution is 5.53. The number of ether oxygens (including phenoxy) is 1. The fourth-order valence-corrected chi connectivity index (χ4v) is 2.43. The number of pyridine rings is 1. The van der Waals surface area contributed by atoms with Gasteiger partial charge in [-0.25, -0.2) is 0 Å². The molecule has 20 heavy (non-hydrogen) atoms. The van der Waals surface area contributed by atoms with E-state index in [2.05, 4.69) is 41.2 Å². The SMILES string of the molecule is COCC1=CCN(c2ccncc2CNC(C)C)CC1. The van der Waals surface area contributed by atoms with Gasteiger partial charge < -0.3 is 15.0 Å². The summed E-state index contributed by atoms with van der Waals surface area (Å²) in [5.74, 6) is 0. The minimum absolute atomic E-state index is 0.484. The number of anilines is 1.